The van der Waals surface area contributed by atoms with Crippen molar-refractivity contribution in [2.24, 2.45) is 0 Å². The van der Waals surface area contributed by atoms with Crippen LogP contribution in [0.3, 0.4) is 0 Å². The van der Waals surface area contributed by atoms with Gasteiger partial charge >= 0.3 is 0 Å². The lowest BCUT2D eigenvalue weighted by molar-refractivity contribution is 0.592. The van der Waals surface area contributed by atoms with E-state index in [9.17, 15) is 12.8 Å². The molecule has 0 aliphatic heterocycles. The summed E-state index contributed by atoms with van der Waals surface area (Å²) in [5.41, 5.74) is 6.32. The van der Waals surface area contributed by atoms with Crippen LogP contribution in [-0.4, -0.2) is 13.4 Å². The molecule has 1 aromatic carbocycles. The largest absolute Gasteiger partial charge is 0.398 e. The van der Waals surface area contributed by atoms with Crippen molar-refractivity contribution >= 4 is 37.3 Å². The van der Waals surface area contributed by atoms with Crippen LogP contribution in [-0.2, 0) is 10.0 Å². The second kappa shape index (κ2) is 5.14. The van der Waals surface area contributed by atoms with Gasteiger partial charge < -0.3 is 5.73 Å². The molecule has 0 radical (unpaired) electrons. The van der Waals surface area contributed by atoms with E-state index in [1.807, 2.05) is 0 Å². The maximum atomic E-state index is 13.0. The molecule has 5 nitrogen and oxygen atoms in total. The van der Waals surface area contributed by atoms with Crippen molar-refractivity contribution in [3.05, 3.63) is 46.9 Å². The number of sulfonamides is 1. The van der Waals surface area contributed by atoms with E-state index in [0.29, 0.717) is 10.2 Å². The van der Waals surface area contributed by atoms with Crippen LogP contribution in [0.5, 0.6) is 0 Å². The van der Waals surface area contributed by atoms with Gasteiger partial charge in [0.25, 0.3) is 10.0 Å². The van der Waals surface area contributed by atoms with Crippen molar-refractivity contribution in [1.82, 2.24) is 4.98 Å². The Morgan fingerprint density at radius 1 is 1.26 bits per heavy atom. The number of nitrogens with zero attached hydrogens (tertiary/aromatic N) is 1. The summed E-state index contributed by atoms with van der Waals surface area (Å²) in [5, 5.41) is 0. The number of anilines is 2. The molecule has 100 valence electrons. The summed E-state index contributed by atoms with van der Waals surface area (Å²) in [6.45, 7) is 0. The fourth-order valence-corrected chi connectivity index (χ4v) is 2.63. The molecule has 8 heteroatoms. The van der Waals surface area contributed by atoms with Gasteiger partial charge in [-0.1, -0.05) is 0 Å². The van der Waals surface area contributed by atoms with Crippen molar-refractivity contribution in [3.8, 4) is 0 Å². The Balaban J connectivity index is 2.33. The van der Waals surface area contributed by atoms with Crippen LogP contribution in [0.2, 0.25) is 0 Å². The average Bonchev–Trinajstić information content (AvgIpc) is 2.33. The topological polar surface area (TPSA) is 85.1 Å². The number of nitrogen functional groups attached to an aromatic ring is 1. The number of pyridine rings is 1. The second-order valence-corrected chi connectivity index (χ2v) is 6.22. The highest BCUT2D eigenvalue weighted by molar-refractivity contribution is 9.10. The third-order valence-corrected chi connectivity index (χ3v) is 4.31. The highest BCUT2D eigenvalue weighted by Gasteiger charge is 2.15. The summed E-state index contributed by atoms with van der Waals surface area (Å²) >= 11 is 3.20. The standard InChI is InChI=1S/C11H9BrFN3O2S/c12-10-2-1-8(4-11(10)14)16-19(17,18)9-3-7(13)5-15-6-9/h1-6,16H,14H2. The molecule has 0 bridgehead atoms. The van der Waals surface area contributed by atoms with E-state index in [1.54, 1.807) is 6.07 Å². The predicted molar refractivity (Wildman–Crippen MR) is 73.6 cm³/mol. The zero-order valence-electron chi connectivity index (χ0n) is 9.47. The van der Waals surface area contributed by atoms with Crippen molar-refractivity contribution in [2.45, 2.75) is 4.90 Å². The van der Waals surface area contributed by atoms with Gasteiger partial charge in [-0.2, -0.15) is 0 Å². The smallest absolute Gasteiger partial charge is 0.263 e. The Morgan fingerprint density at radius 3 is 2.63 bits per heavy atom. The summed E-state index contributed by atoms with van der Waals surface area (Å²) in [4.78, 5) is 3.24. The highest BCUT2D eigenvalue weighted by atomic mass is 79.9. The number of benzene rings is 1. The van der Waals surface area contributed by atoms with Crippen molar-refractivity contribution in [2.75, 3.05) is 10.5 Å². The van der Waals surface area contributed by atoms with Crippen LogP contribution >= 0.6 is 15.9 Å². The lowest BCUT2D eigenvalue weighted by Gasteiger charge is -2.09. The van der Waals surface area contributed by atoms with Gasteiger partial charge in [0.15, 0.2) is 0 Å². The quantitative estimate of drug-likeness (QED) is 0.836. The van der Waals surface area contributed by atoms with Crippen LogP contribution in [0.25, 0.3) is 0 Å². The number of halogens is 2. The minimum atomic E-state index is -3.89. The van der Waals surface area contributed by atoms with E-state index in [1.165, 1.54) is 12.1 Å². The van der Waals surface area contributed by atoms with Crippen LogP contribution in [0, 0.1) is 5.82 Å². The fourth-order valence-electron chi connectivity index (χ4n) is 1.36. The highest BCUT2D eigenvalue weighted by Crippen LogP contribution is 2.24. The number of hydrogen-bond acceptors (Lipinski definition) is 4. The number of rotatable bonds is 3. The summed E-state index contributed by atoms with van der Waals surface area (Å²) in [6.07, 6.45) is 1.99. The number of hydrogen-bond donors (Lipinski definition) is 2. The summed E-state index contributed by atoms with van der Waals surface area (Å²) in [5.74, 6) is -0.724. The number of aromatic nitrogens is 1. The van der Waals surface area contributed by atoms with Crippen LogP contribution in [0.4, 0.5) is 15.8 Å². The Kier molecular flexibility index (Phi) is 3.72. The van der Waals surface area contributed by atoms with E-state index >= 15 is 0 Å². The molecule has 0 aliphatic rings. The molecule has 0 atom stereocenters. The molecule has 0 amide bonds. The monoisotopic (exact) mass is 345 g/mol. The first kappa shape index (κ1) is 13.8. The molecule has 3 N–H and O–H groups in total. The molecule has 0 saturated heterocycles. The van der Waals surface area contributed by atoms with Gasteiger partial charge in [0.2, 0.25) is 0 Å². The Bertz CT molecular complexity index is 722. The maximum absolute atomic E-state index is 13.0. The van der Waals surface area contributed by atoms with Gasteiger partial charge in [-0.3, -0.25) is 9.71 Å². The molecule has 0 spiro atoms. The molecule has 2 rings (SSSR count). The molecule has 0 unspecified atom stereocenters. The predicted octanol–water partition coefficient (Wildman–Crippen LogP) is 2.37. The molecule has 0 aliphatic carbocycles. The fraction of sp³-hybridized carbons (Fsp3) is 0. The van der Waals surface area contributed by atoms with Gasteiger partial charge in [0.1, 0.15) is 10.7 Å². The van der Waals surface area contributed by atoms with E-state index in [0.717, 1.165) is 18.5 Å². The van der Waals surface area contributed by atoms with Crippen molar-refractivity contribution in [3.63, 3.8) is 0 Å². The Labute approximate surface area is 117 Å². The Hall–Kier alpha value is -1.67. The zero-order chi connectivity index (χ0) is 14.0. The van der Waals surface area contributed by atoms with E-state index in [-0.39, 0.29) is 10.6 Å². The molecule has 0 saturated carbocycles. The number of nitrogens with two attached hydrogens (primary N) is 1. The van der Waals surface area contributed by atoms with Crippen LogP contribution in [0.15, 0.2) is 46.0 Å². The lowest BCUT2D eigenvalue weighted by atomic mass is 10.3. The molecular weight excluding hydrogens is 337 g/mol. The molecule has 1 heterocycles. The molecule has 2 aromatic rings. The van der Waals surface area contributed by atoms with Gasteiger partial charge in [0, 0.05) is 16.4 Å². The molecule has 19 heavy (non-hydrogen) atoms. The van der Waals surface area contributed by atoms with Gasteiger partial charge in [-0.25, -0.2) is 12.8 Å². The second-order valence-electron chi connectivity index (χ2n) is 3.68. The normalized spacial score (nSPS) is 11.3. The van der Waals surface area contributed by atoms with Gasteiger partial charge in [-0.15, -0.1) is 0 Å². The minimum Gasteiger partial charge on any atom is -0.398 e. The zero-order valence-corrected chi connectivity index (χ0v) is 11.9. The SMILES string of the molecule is Nc1cc(NS(=O)(=O)c2cncc(F)c2)ccc1Br. The third kappa shape index (κ3) is 3.21. The summed E-state index contributed by atoms with van der Waals surface area (Å²) < 4.78 is 39.9. The van der Waals surface area contributed by atoms with E-state index in [4.69, 9.17) is 5.73 Å². The molecule has 1 aromatic heterocycles. The van der Waals surface area contributed by atoms with E-state index < -0.39 is 15.8 Å². The van der Waals surface area contributed by atoms with Crippen LogP contribution in [0.1, 0.15) is 0 Å². The first-order valence-corrected chi connectivity index (χ1v) is 7.34. The van der Waals surface area contributed by atoms with Gasteiger partial charge in [0.05, 0.1) is 11.9 Å². The maximum Gasteiger partial charge on any atom is 0.263 e. The summed E-state index contributed by atoms with van der Waals surface area (Å²) in [6, 6.07) is 5.48. The van der Waals surface area contributed by atoms with Crippen molar-refractivity contribution < 1.29 is 12.8 Å². The number of nitrogens with one attached hydrogen (secondary N) is 1. The minimum absolute atomic E-state index is 0.256. The van der Waals surface area contributed by atoms with Crippen LogP contribution < -0.4 is 10.5 Å². The molecular formula is C11H9BrFN3O2S. The lowest BCUT2D eigenvalue weighted by Crippen LogP contribution is -2.13. The van der Waals surface area contributed by atoms with Gasteiger partial charge in [-0.05, 0) is 40.2 Å². The first-order valence-electron chi connectivity index (χ1n) is 5.07. The van der Waals surface area contributed by atoms with E-state index in [2.05, 4.69) is 25.6 Å². The summed E-state index contributed by atoms with van der Waals surface area (Å²) in [7, 11) is -3.89. The molecule has 0 fully saturated rings. The third-order valence-electron chi connectivity index (χ3n) is 2.24. The van der Waals surface area contributed by atoms with Crippen molar-refractivity contribution in [1.29, 1.82) is 0 Å². The first-order chi connectivity index (χ1) is 8.88. The average molecular weight is 346 g/mol. The Morgan fingerprint density at radius 2 is 2.00 bits per heavy atom.